The highest BCUT2D eigenvalue weighted by atomic mass is 35.5. The fourth-order valence-electron chi connectivity index (χ4n) is 1.15. The van der Waals surface area contributed by atoms with Crippen molar-refractivity contribution in [2.45, 2.75) is 13.0 Å². The summed E-state index contributed by atoms with van der Waals surface area (Å²) in [4.78, 5) is 0. The second kappa shape index (κ2) is 6.34. The lowest BCUT2D eigenvalue weighted by Crippen LogP contribution is -2.29. The first-order valence-electron chi connectivity index (χ1n) is 4.79. The first-order valence-corrected chi connectivity index (χ1v) is 5.17. The molecule has 0 amide bonds. The zero-order valence-electron chi connectivity index (χ0n) is 8.66. The van der Waals surface area contributed by atoms with Gasteiger partial charge in [-0.25, -0.2) is 0 Å². The number of halogens is 1. The number of nitrogens with one attached hydrogen (secondary N) is 1. The molecular formula is C12H14ClNO. The van der Waals surface area contributed by atoms with Crippen LogP contribution in [0.4, 0.5) is 0 Å². The first-order chi connectivity index (χ1) is 7.24. The summed E-state index contributed by atoms with van der Waals surface area (Å²) in [6, 6.07) is 7.41. The van der Waals surface area contributed by atoms with Crippen LogP contribution in [-0.2, 0) is 0 Å². The van der Waals surface area contributed by atoms with Gasteiger partial charge in [-0.15, -0.1) is 6.42 Å². The van der Waals surface area contributed by atoms with Crippen LogP contribution in [0.15, 0.2) is 24.3 Å². The van der Waals surface area contributed by atoms with Gasteiger partial charge in [0.2, 0.25) is 0 Å². The summed E-state index contributed by atoms with van der Waals surface area (Å²) in [6.07, 6.45) is 5.16. The Morgan fingerprint density at radius 3 is 2.93 bits per heavy atom. The summed E-state index contributed by atoms with van der Waals surface area (Å²) < 4.78 is 5.63. The van der Waals surface area contributed by atoms with Gasteiger partial charge in [0, 0.05) is 6.54 Å². The summed E-state index contributed by atoms with van der Waals surface area (Å²) in [7, 11) is 0. The Labute approximate surface area is 95.6 Å². The number of hydrogen-bond donors (Lipinski definition) is 1. The van der Waals surface area contributed by atoms with Crippen LogP contribution in [0.2, 0.25) is 5.02 Å². The van der Waals surface area contributed by atoms with E-state index in [9.17, 15) is 0 Å². The molecule has 0 bridgehead atoms. The van der Waals surface area contributed by atoms with Gasteiger partial charge in [-0.3, -0.25) is 0 Å². The van der Waals surface area contributed by atoms with Crippen molar-refractivity contribution in [1.29, 1.82) is 0 Å². The van der Waals surface area contributed by atoms with Gasteiger partial charge in [0.1, 0.15) is 11.9 Å². The van der Waals surface area contributed by atoms with Gasteiger partial charge in [-0.1, -0.05) is 29.7 Å². The molecule has 1 atom stereocenters. The zero-order valence-corrected chi connectivity index (χ0v) is 9.42. The fraction of sp³-hybridized carbons (Fsp3) is 0.333. The highest BCUT2D eigenvalue weighted by molar-refractivity contribution is 6.32. The molecule has 1 N–H and O–H groups in total. The van der Waals surface area contributed by atoms with E-state index in [1.54, 1.807) is 6.07 Å². The highest BCUT2D eigenvalue weighted by Gasteiger charge is 2.05. The predicted octanol–water partition coefficient (Wildman–Crippen LogP) is 2.33. The van der Waals surface area contributed by atoms with Gasteiger partial charge in [-0.05, 0) is 19.1 Å². The van der Waals surface area contributed by atoms with E-state index in [0.29, 0.717) is 23.9 Å². The molecule has 0 fully saturated rings. The molecule has 1 rings (SSSR count). The minimum Gasteiger partial charge on any atom is -0.488 e. The van der Waals surface area contributed by atoms with Crippen molar-refractivity contribution < 1.29 is 4.74 Å². The predicted molar refractivity (Wildman–Crippen MR) is 63.2 cm³/mol. The Balaban J connectivity index is 2.41. The average molecular weight is 224 g/mol. The summed E-state index contributed by atoms with van der Waals surface area (Å²) >= 11 is 5.95. The molecule has 1 unspecified atom stereocenters. The molecule has 15 heavy (non-hydrogen) atoms. The summed E-state index contributed by atoms with van der Waals surface area (Å²) in [5, 5.41) is 3.70. The molecule has 1 aromatic carbocycles. The monoisotopic (exact) mass is 223 g/mol. The van der Waals surface area contributed by atoms with Crippen LogP contribution >= 0.6 is 11.6 Å². The van der Waals surface area contributed by atoms with Crippen molar-refractivity contribution in [1.82, 2.24) is 5.32 Å². The van der Waals surface area contributed by atoms with Crippen molar-refractivity contribution in [3.8, 4) is 18.1 Å². The number of ether oxygens (including phenoxy) is 1. The normalized spacial score (nSPS) is 11.8. The largest absolute Gasteiger partial charge is 0.488 e. The van der Waals surface area contributed by atoms with Crippen molar-refractivity contribution >= 4 is 11.6 Å². The minimum atomic E-state index is 0.0400. The SMILES string of the molecule is C#CCNCC(C)Oc1ccccc1Cl. The molecule has 1 aromatic rings. The second-order valence-electron chi connectivity index (χ2n) is 3.19. The fourth-order valence-corrected chi connectivity index (χ4v) is 1.33. The zero-order chi connectivity index (χ0) is 11.1. The molecular weight excluding hydrogens is 210 g/mol. The highest BCUT2D eigenvalue weighted by Crippen LogP contribution is 2.23. The van der Waals surface area contributed by atoms with E-state index in [0.717, 1.165) is 0 Å². The second-order valence-corrected chi connectivity index (χ2v) is 3.60. The maximum atomic E-state index is 5.95. The molecule has 0 aliphatic rings. The lowest BCUT2D eigenvalue weighted by molar-refractivity contribution is 0.219. The van der Waals surface area contributed by atoms with Gasteiger partial charge in [0.25, 0.3) is 0 Å². The minimum absolute atomic E-state index is 0.0400. The van der Waals surface area contributed by atoms with E-state index >= 15 is 0 Å². The molecule has 0 heterocycles. The van der Waals surface area contributed by atoms with E-state index in [2.05, 4.69) is 11.2 Å². The smallest absolute Gasteiger partial charge is 0.138 e. The maximum Gasteiger partial charge on any atom is 0.138 e. The first kappa shape index (κ1) is 11.9. The quantitative estimate of drug-likeness (QED) is 0.611. The Morgan fingerprint density at radius 2 is 2.27 bits per heavy atom. The van der Waals surface area contributed by atoms with Crippen LogP contribution in [0.1, 0.15) is 6.92 Å². The molecule has 0 saturated carbocycles. The molecule has 0 spiro atoms. The van der Waals surface area contributed by atoms with Crippen LogP contribution < -0.4 is 10.1 Å². The summed E-state index contributed by atoms with van der Waals surface area (Å²) in [6.45, 7) is 3.22. The Bertz CT molecular complexity index is 346. The topological polar surface area (TPSA) is 21.3 Å². The average Bonchev–Trinajstić information content (AvgIpc) is 2.22. The van der Waals surface area contributed by atoms with Crippen molar-refractivity contribution in [2.75, 3.05) is 13.1 Å². The van der Waals surface area contributed by atoms with Crippen LogP contribution in [-0.4, -0.2) is 19.2 Å². The number of rotatable bonds is 5. The van der Waals surface area contributed by atoms with Crippen LogP contribution in [0.25, 0.3) is 0 Å². The van der Waals surface area contributed by atoms with E-state index in [4.69, 9.17) is 22.8 Å². The van der Waals surface area contributed by atoms with E-state index in [1.807, 2.05) is 25.1 Å². The van der Waals surface area contributed by atoms with E-state index in [-0.39, 0.29) is 6.10 Å². The van der Waals surface area contributed by atoms with Crippen molar-refractivity contribution in [3.05, 3.63) is 29.3 Å². The molecule has 0 aliphatic carbocycles. The van der Waals surface area contributed by atoms with Crippen LogP contribution in [0, 0.1) is 12.3 Å². The molecule has 0 radical (unpaired) electrons. The number of para-hydroxylation sites is 1. The van der Waals surface area contributed by atoms with Crippen LogP contribution in [0.3, 0.4) is 0 Å². The number of benzene rings is 1. The van der Waals surface area contributed by atoms with Gasteiger partial charge in [0.15, 0.2) is 0 Å². The standard InChI is InChI=1S/C12H14ClNO/c1-3-8-14-9-10(2)15-12-7-5-4-6-11(12)13/h1,4-7,10,14H,8-9H2,2H3. The molecule has 0 aliphatic heterocycles. The van der Waals surface area contributed by atoms with Gasteiger partial charge in [0.05, 0.1) is 11.6 Å². The molecule has 0 saturated heterocycles. The third-order valence-electron chi connectivity index (χ3n) is 1.82. The van der Waals surface area contributed by atoms with Crippen molar-refractivity contribution in [2.24, 2.45) is 0 Å². The summed E-state index contributed by atoms with van der Waals surface area (Å²) in [5.74, 6) is 3.21. The lowest BCUT2D eigenvalue weighted by atomic mass is 10.3. The Morgan fingerprint density at radius 1 is 1.53 bits per heavy atom. The van der Waals surface area contributed by atoms with Gasteiger partial charge >= 0.3 is 0 Å². The Hall–Kier alpha value is -1.17. The summed E-state index contributed by atoms with van der Waals surface area (Å²) in [5.41, 5.74) is 0. The number of hydrogen-bond acceptors (Lipinski definition) is 2. The van der Waals surface area contributed by atoms with E-state index < -0.39 is 0 Å². The van der Waals surface area contributed by atoms with E-state index in [1.165, 1.54) is 0 Å². The molecule has 0 aromatic heterocycles. The van der Waals surface area contributed by atoms with Crippen LogP contribution in [0.5, 0.6) is 5.75 Å². The molecule has 2 nitrogen and oxygen atoms in total. The lowest BCUT2D eigenvalue weighted by Gasteiger charge is -2.15. The third-order valence-corrected chi connectivity index (χ3v) is 2.14. The van der Waals surface area contributed by atoms with Gasteiger partial charge < -0.3 is 10.1 Å². The maximum absolute atomic E-state index is 5.95. The Kier molecular flexibility index (Phi) is 5.03. The molecule has 80 valence electrons. The molecule has 3 heteroatoms. The number of terminal acetylenes is 1. The third kappa shape index (κ3) is 4.24. The van der Waals surface area contributed by atoms with Gasteiger partial charge in [-0.2, -0.15) is 0 Å². The van der Waals surface area contributed by atoms with Crippen molar-refractivity contribution in [3.63, 3.8) is 0 Å².